The first-order chi connectivity index (χ1) is 17.7. The molecule has 4 aliphatic carbocycles. The van der Waals surface area contributed by atoms with E-state index < -0.39 is 18.3 Å². The molecule has 7 nitrogen and oxygen atoms in total. The lowest BCUT2D eigenvalue weighted by atomic mass is 9.49. The minimum absolute atomic E-state index is 0.0805. The molecule has 202 valence electrons. The van der Waals surface area contributed by atoms with E-state index in [9.17, 15) is 18.0 Å². The number of fused-ring (bicyclic) bond motifs is 1. The van der Waals surface area contributed by atoms with E-state index in [4.69, 9.17) is 19.4 Å². The number of halogens is 3. The number of hydrogen-bond donors (Lipinski definition) is 0. The van der Waals surface area contributed by atoms with Gasteiger partial charge < -0.3 is 19.2 Å². The maximum absolute atomic E-state index is 13.2. The minimum atomic E-state index is -5.09. The monoisotopic (exact) mass is 521 g/mol. The van der Waals surface area contributed by atoms with Crippen LogP contribution in [0.4, 0.5) is 13.2 Å². The normalized spacial score (nSPS) is 34.3. The number of benzene rings is 1. The molecule has 1 aromatic carbocycles. The van der Waals surface area contributed by atoms with Gasteiger partial charge in [0.05, 0.1) is 14.2 Å². The van der Waals surface area contributed by atoms with Gasteiger partial charge in [-0.25, -0.2) is 4.79 Å². The Hall–Kier alpha value is -2.65. The Labute approximate surface area is 214 Å². The molecular formula is C27H34F3N3O4. The zero-order chi connectivity index (χ0) is 25.9. The second-order valence-corrected chi connectivity index (χ2v) is 11.7. The van der Waals surface area contributed by atoms with Gasteiger partial charge in [-0.3, -0.25) is 0 Å². The summed E-state index contributed by atoms with van der Waals surface area (Å²) in [6.45, 7) is 0.702. The van der Waals surface area contributed by atoms with Gasteiger partial charge in [0, 0.05) is 17.9 Å². The predicted octanol–water partition coefficient (Wildman–Crippen LogP) is 5.15. The molecule has 0 amide bonds. The number of alkyl halides is 3. The fourth-order valence-corrected chi connectivity index (χ4v) is 8.32. The molecule has 1 saturated heterocycles. The number of carbonyl (C=O) groups excluding carboxylic acids is 1. The van der Waals surface area contributed by atoms with Crippen LogP contribution in [0.1, 0.15) is 56.9 Å². The van der Waals surface area contributed by atoms with Gasteiger partial charge in [0.2, 0.25) is 0 Å². The Kier molecular flexibility index (Phi) is 5.99. The van der Waals surface area contributed by atoms with Crippen molar-refractivity contribution >= 4 is 11.8 Å². The third kappa shape index (κ3) is 4.30. The van der Waals surface area contributed by atoms with Crippen LogP contribution in [-0.2, 0) is 16.1 Å². The highest BCUT2D eigenvalue weighted by molar-refractivity contribution is 5.90. The maximum atomic E-state index is 13.2. The lowest BCUT2D eigenvalue weighted by Crippen LogP contribution is -2.58. The summed E-state index contributed by atoms with van der Waals surface area (Å²) in [4.78, 5) is 19.1. The van der Waals surface area contributed by atoms with Crippen molar-refractivity contribution in [3.05, 3.63) is 23.8 Å². The Morgan fingerprint density at radius 1 is 1.05 bits per heavy atom. The van der Waals surface area contributed by atoms with Crippen LogP contribution in [0.15, 0.2) is 23.3 Å². The molecule has 0 N–H and O–H groups in total. The summed E-state index contributed by atoms with van der Waals surface area (Å²) >= 11 is 0. The largest absolute Gasteiger partial charge is 0.493 e. The quantitative estimate of drug-likeness (QED) is 0.516. The first-order valence-corrected chi connectivity index (χ1v) is 13.3. The fourth-order valence-electron chi connectivity index (χ4n) is 8.32. The van der Waals surface area contributed by atoms with Crippen molar-refractivity contribution in [2.24, 2.45) is 34.2 Å². The van der Waals surface area contributed by atoms with Crippen LogP contribution in [-0.4, -0.2) is 55.0 Å². The molecule has 2 atom stereocenters. The molecule has 2 unspecified atom stereocenters. The van der Waals surface area contributed by atoms with Crippen LogP contribution in [0.3, 0.4) is 0 Å². The first kappa shape index (κ1) is 24.7. The van der Waals surface area contributed by atoms with Crippen molar-refractivity contribution < 1.29 is 32.3 Å². The van der Waals surface area contributed by atoms with E-state index >= 15 is 0 Å². The lowest BCUT2D eigenvalue weighted by Gasteiger charge is -2.57. The fraction of sp³-hybridized carbons (Fsp3) is 0.704. The van der Waals surface area contributed by atoms with Crippen LogP contribution >= 0.6 is 0 Å². The van der Waals surface area contributed by atoms with E-state index in [1.807, 2.05) is 18.2 Å². The highest BCUT2D eigenvalue weighted by Gasteiger charge is 2.59. The number of hydroxylamine groups is 1. The number of hydrogen-bond acceptors (Lipinski definition) is 7. The summed E-state index contributed by atoms with van der Waals surface area (Å²) in [5.41, 5.74) is 0.854. The highest BCUT2D eigenvalue weighted by atomic mass is 19.4. The van der Waals surface area contributed by atoms with E-state index in [0.29, 0.717) is 42.2 Å². The second-order valence-electron chi connectivity index (χ2n) is 11.7. The van der Waals surface area contributed by atoms with Crippen molar-refractivity contribution in [3.63, 3.8) is 0 Å². The molecular weight excluding hydrogens is 487 g/mol. The van der Waals surface area contributed by atoms with Crippen LogP contribution in [0.2, 0.25) is 0 Å². The molecule has 4 bridgehead atoms. The zero-order valence-corrected chi connectivity index (χ0v) is 21.3. The van der Waals surface area contributed by atoms with E-state index in [1.54, 1.807) is 14.2 Å². The van der Waals surface area contributed by atoms with Gasteiger partial charge in [0.25, 0.3) is 0 Å². The van der Waals surface area contributed by atoms with Gasteiger partial charge in [0.15, 0.2) is 17.7 Å². The number of piperidine rings is 1. The Morgan fingerprint density at radius 2 is 1.70 bits per heavy atom. The molecule has 2 heterocycles. The second kappa shape index (κ2) is 8.98. The average molecular weight is 522 g/mol. The van der Waals surface area contributed by atoms with Gasteiger partial charge in [-0.1, -0.05) is 11.2 Å². The molecule has 10 heteroatoms. The lowest BCUT2D eigenvalue weighted by molar-refractivity contribution is -0.256. The highest BCUT2D eigenvalue weighted by Crippen LogP contribution is 2.62. The summed E-state index contributed by atoms with van der Waals surface area (Å²) in [6, 6.07) is 5.68. The molecule has 5 fully saturated rings. The SMILES string of the molecule is COc1ccc(CC2CCCN3C(C45CC6CC(CC(C6)C4)C5)=NN(OC(=O)C(F)(F)F)C23)cc1OC. The summed E-state index contributed by atoms with van der Waals surface area (Å²) in [6.07, 6.45) is 3.49. The van der Waals surface area contributed by atoms with E-state index in [2.05, 4.69) is 4.90 Å². The number of carbonyl (C=O) groups is 1. The predicted molar refractivity (Wildman–Crippen MR) is 128 cm³/mol. The molecule has 1 aromatic rings. The number of methoxy groups -OCH3 is 2. The molecule has 7 rings (SSSR count). The van der Waals surface area contributed by atoms with E-state index in [1.165, 1.54) is 19.3 Å². The number of hydrazone groups is 1. The van der Waals surface area contributed by atoms with Gasteiger partial charge in [-0.2, -0.15) is 13.2 Å². The molecule has 4 saturated carbocycles. The number of nitrogens with zero attached hydrogens (tertiary/aromatic N) is 3. The minimum Gasteiger partial charge on any atom is -0.493 e. The summed E-state index contributed by atoms with van der Waals surface area (Å²) < 4.78 is 50.5. The Morgan fingerprint density at radius 3 is 2.30 bits per heavy atom. The van der Waals surface area contributed by atoms with Crippen LogP contribution in [0.5, 0.6) is 11.5 Å². The third-order valence-corrected chi connectivity index (χ3v) is 9.27. The maximum Gasteiger partial charge on any atom is 0.493 e. The Balaban J connectivity index is 1.32. The van der Waals surface area contributed by atoms with Gasteiger partial charge in [-0.15, -0.1) is 5.10 Å². The van der Waals surface area contributed by atoms with Crippen LogP contribution in [0.25, 0.3) is 0 Å². The van der Waals surface area contributed by atoms with Crippen molar-refractivity contribution in [1.82, 2.24) is 10.1 Å². The molecule has 0 spiro atoms. The van der Waals surface area contributed by atoms with E-state index in [0.717, 1.165) is 48.7 Å². The zero-order valence-electron chi connectivity index (χ0n) is 21.3. The van der Waals surface area contributed by atoms with Crippen molar-refractivity contribution in [1.29, 1.82) is 0 Å². The standard InChI is InChI=1S/C27H34F3N3O4/c1-35-21-6-5-16(12-22(21)36-2)11-20-4-3-7-32-23(20)33(37-25(34)27(28,29)30)31-24(32)26-13-17-8-18(14-26)10-19(9-17)15-26/h5-6,12,17-20,23H,3-4,7-11,13-15H2,1-2H3. The van der Waals surface area contributed by atoms with E-state index in [-0.39, 0.29) is 11.3 Å². The molecule has 6 aliphatic rings. The van der Waals surface area contributed by atoms with Gasteiger partial charge in [0.1, 0.15) is 5.84 Å². The number of ether oxygens (including phenoxy) is 2. The summed E-state index contributed by atoms with van der Waals surface area (Å²) in [5, 5.41) is 5.71. The molecule has 0 aromatic heterocycles. The first-order valence-electron chi connectivity index (χ1n) is 13.3. The van der Waals surface area contributed by atoms with Gasteiger partial charge in [-0.05, 0) is 93.2 Å². The third-order valence-electron chi connectivity index (χ3n) is 9.27. The smallest absolute Gasteiger partial charge is 0.493 e. The van der Waals surface area contributed by atoms with Gasteiger partial charge >= 0.3 is 12.1 Å². The number of rotatable bonds is 6. The van der Waals surface area contributed by atoms with Crippen molar-refractivity contribution in [2.45, 2.75) is 70.1 Å². The van der Waals surface area contributed by atoms with Crippen molar-refractivity contribution in [2.75, 3.05) is 20.8 Å². The van der Waals surface area contributed by atoms with Crippen LogP contribution in [0, 0.1) is 29.1 Å². The summed E-state index contributed by atoms with van der Waals surface area (Å²) in [5.74, 6) is 1.74. The van der Waals surface area contributed by atoms with Crippen molar-refractivity contribution in [3.8, 4) is 11.5 Å². The summed E-state index contributed by atoms with van der Waals surface area (Å²) in [7, 11) is 3.15. The number of amidine groups is 1. The average Bonchev–Trinajstić information content (AvgIpc) is 3.23. The Bertz CT molecular complexity index is 1060. The molecule has 0 radical (unpaired) electrons. The molecule has 2 aliphatic heterocycles. The van der Waals surface area contributed by atoms with Crippen LogP contribution < -0.4 is 9.47 Å². The topological polar surface area (TPSA) is 63.6 Å². The molecule has 37 heavy (non-hydrogen) atoms.